The van der Waals surface area contributed by atoms with Crippen LogP contribution in [0.3, 0.4) is 0 Å². The Hall–Kier alpha value is 1.39. The molecule has 0 aromatic carbocycles. The van der Waals surface area contributed by atoms with Gasteiger partial charge in [-0.2, -0.15) is 0 Å². The number of aliphatic carboxylic acids is 1. The Morgan fingerprint density at radius 2 is 1.44 bits per heavy atom. The summed E-state index contributed by atoms with van der Waals surface area (Å²) in [6, 6.07) is 0. The van der Waals surface area contributed by atoms with Gasteiger partial charge in [0.15, 0.2) is 6.10 Å². The third-order valence-corrected chi connectivity index (χ3v) is 1.51. The van der Waals surface area contributed by atoms with Crippen LogP contribution in [0, 0.1) is 0 Å². The summed E-state index contributed by atoms with van der Waals surface area (Å²) in [7, 11) is 0. The molecule has 4 unspecified atom stereocenters. The topological polar surface area (TPSA) is 138 Å². The molecule has 0 saturated carbocycles. The number of aliphatic hydroxyl groups excluding tert-OH is 5. The normalized spacial score (nSPS) is 16.6. The third-order valence-electron chi connectivity index (χ3n) is 1.51. The van der Waals surface area contributed by atoms with E-state index < -0.39 is 37.0 Å². The van der Waals surface area contributed by atoms with Crippen molar-refractivity contribution in [2.24, 2.45) is 0 Å². The summed E-state index contributed by atoms with van der Waals surface area (Å²) in [6.45, 7) is -0.843. The summed E-state index contributed by atoms with van der Waals surface area (Å²) >= 11 is 0. The van der Waals surface area contributed by atoms with Gasteiger partial charge in [0.05, 0.1) is 6.61 Å². The number of hydrogen-bond donors (Lipinski definition) is 6. The van der Waals surface area contributed by atoms with E-state index in [1.165, 1.54) is 0 Å². The van der Waals surface area contributed by atoms with Crippen molar-refractivity contribution in [2.75, 3.05) is 6.61 Å². The zero-order valence-corrected chi connectivity index (χ0v) is 13.0. The Labute approximate surface area is 138 Å². The molecule has 0 aliphatic heterocycles. The van der Waals surface area contributed by atoms with Gasteiger partial charge in [-0.1, -0.05) is 0 Å². The van der Waals surface area contributed by atoms with Gasteiger partial charge in [0.25, 0.3) is 0 Å². The molecule has 0 heterocycles. The molecule has 0 rings (SSSR count). The van der Waals surface area contributed by atoms with Gasteiger partial charge in [0.2, 0.25) is 0 Å². The predicted molar refractivity (Wildman–Crippen MR) is 62.7 cm³/mol. The first-order valence-corrected chi connectivity index (χ1v) is 3.47. The Morgan fingerprint density at radius 3 is 1.69 bits per heavy atom. The summed E-state index contributed by atoms with van der Waals surface area (Å²) in [5.41, 5.74) is 0. The minimum Gasteiger partial charge on any atom is -0.479 e. The van der Waals surface area contributed by atoms with Gasteiger partial charge in [-0.15, -0.1) is 24.0 Å². The van der Waals surface area contributed by atoms with Gasteiger partial charge >= 0.3 is 29.0 Å². The second-order valence-electron chi connectivity index (χ2n) is 2.51. The Balaban J connectivity index is -0.000000240. The first kappa shape index (κ1) is 26.1. The molecule has 7 nitrogen and oxygen atoms in total. The van der Waals surface area contributed by atoms with E-state index in [4.69, 9.17) is 30.6 Å². The molecule has 0 aliphatic carbocycles. The SMILES string of the molecule is I.O=C(O)C(O)C(O)C(O)C(O)CO.[MgH2].[Zn]. The van der Waals surface area contributed by atoms with Gasteiger partial charge in [-0.05, 0) is 0 Å². The van der Waals surface area contributed by atoms with Crippen LogP contribution in [0.4, 0.5) is 0 Å². The fourth-order valence-electron chi connectivity index (χ4n) is 0.668. The molecule has 0 amide bonds. The van der Waals surface area contributed by atoms with Crippen LogP contribution >= 0.6 is 24.0 Å². The van der Waals surface area contributed by atoms with Crippen LogP contribution in [0.1, 0.15) is 0 Å². The molecule has 0 bridgehead atoms. The van der Waals surface area contributed by atoms with Crippen molar-refractivity contribution >= 4 is 53.0 Å². The second kappa shape index (κ2) is 12.8. The van der Waals surface area contributed by atoms with E-state index in [1.807, 2.05) is 0 Å². The standard InChI is InChI=1S/C6H12O7.HI.Mg.Zn.2H/c7-1-2(8)3(9)4(10)5(11)6(12)13;;;;;/h2-5,7-11H,1H2,(H,12,13);1H;;;;. The van der Waals surface area contributed by atoms with Crippen molar-refractivity contribution in [3.05, 3.63) is 0 Å². The smallest absolute Gasteiger partial charge is 0.335 e. The van der Waals surface area contributed by atoms with Crippen molar-refractivity contribution in [2.45, 2.75) is 24.4 Å². The molecule has 6 N–H and O–H groups in total. The predicted octanol–water partition coefficient (Wildman–Crippen LogP) is -3.79. The molecule has 92 valence electrons. The fourth-order valence-corrected chi connectivity index (χ4v) is 0.668. The first-order chi connectivity index (χ1) is 5.91. The minimum absolute atomic E-state index is 0. The maximum Gasteiger partial charge on any atom is 0.335 e. The molecular formula is C6H15IMgO7Zn. The molecule has 0 fully saturated rings. The van der Waals surface area contributed by atoms with Gasteiger partial charge in [0, 0.05) is 19.5 Å². The molecule has 0 aromatic rings. The molecule has 4 atom stereocenters. The second-order valence-corrected chi connectivity index (χ2v) is 2.51. The molecule has 0 spiro atoms. The van der Waals surface area contributed by atoms with Crippen LogP contribution in [-0.4, -0.2) is 90.7 Å². The van der Waals surface area contributed by atoms with E-state index in [1.54, 1.807) is 0 Å². The molecule has 0 saturated heterocycles. The quantitative estimate of drug-likeness (QED) is 0.200. The molecule has 0 aliphatic rings. The van der Waals surface area contributed by atoms with E-state index in [-0.39, 0.29) is 66.5 Å². The van der Waals surface area contributed by atoms with Gasteiger partial charge in [0.1, 0.15) is 18.3 Å². The Morgan fingerprint density at radius 1 is 1.06 bits per heavy atom. The van der Waals surface area contributed by atoms with E-state index in [9.17, 15) is 4.79 Å². The summed E-state index contributed by atoms with van der Waals surface area (Å²) < 4.78 is 0. The Kier molecular flexibility index (Phi) is 20.9. The van der Waals surface area contributed by atoms with Crippen LogP contribution in [0.5, 0.6) is 0 Å². The number of carboxylic acids is 1. The van der Waals surface area contributed by atoms with Crippen molar-refractivity contribution in [3.63, 3.8) is 0 Å². The van der Waals surface area contributed by atoms with Gasteiger partial charge in [-0.3, -0.25) is 0 Å². The Bertz CT molecular complexity index is 186. The van der Waals surface area contributed by atoms with Crippen molar-refractivity contribution in [1.29, 1.82) is 0 Å². The maximum absolute atomic E-state index is 10.1. The van der Waals surface area contributed by atoms with Crippen LogP contribution in [0.2, 0.25) is 0 Å². The van der Waals surface area contributed by atoms with Crippen LogP contribution in [-0.2, 0) is 24.3 Å². The molecule has 10 heteroatoms. The zero-order chi connectivity index (χ0) is 10.6. The first-order valence-electron chi connectivity index (χ1n) is 3.47. The minimum atomic E-state index is -2.20. The number of carbonyl (C=O) groups is 1. The average molecular weight is 416 g/mol. The summed E-state index contributed by atoms with van der Waals surface area (Å²) in [5.74, 6) is -1.73. The van der Waals surface area contributed by atoms with Crippen molar-refractivity contribution in [3.8, 4) is 0 Å². The molecule has 0 aromatic heterocycles. The van der Waals surface area contributed by atoms with Gasteiger partial charge in [-0.25, -0.2) is 4.79 Å². The number of hydrogen-bond acceptors (Lipinski definition) is 6. The number of carboxylic acid groups (broad SMARTS) is 1. The fraction of sp³-hybridized carbons (Fsp3) is 0.833. The van der Waals surface area contributed by atoms with Crippen molar-refractivity contribution < 1.29 is 54.9 Å². The molecule has 16 heavy (non-hydrogen) atoms. The monoisotopic (exact) mass is 414 g/mol. The van der Waals surface area contributed by atoms with E-state index in [0.717, 1.165) is 0 Å². The molecular weight excluding hydrogens is 401 g/mol. The van der Waals surface area contributed by atoms with E-state index in [0.29, 0.717) is 0 Å². The summed E-state index contributed by atoms with van der Waals surface area (Å²) in [6.07, 6.45) is -7.84. The van der Waals surface area contributed by atoms with Crippen LogP contribution < -0.4 is 0 Å². The average Bonchev–Trinajstić information content (AvgIpc) is 2.12. The maximum atomic E-state index is 10.1. The van der Waals surface area contributed by atoms with Gasteiger partial charge < -0.3 is 30.6 Å². The van der Waals surface area contributed by atoms with Crippen LogP contribution in [0.25, 0.3) is 0 Å². The summed E-state index contributed by atoms with van der Waals surface area (Å²) in [5, 5.41) is 51.8. The van der Waals surface area contributed by atoms with E-state index in [2.05, 4.69) is 0 Å². The van der Waals surface area contributed by atoms with Crippen molar-refractivity contribution in [1.82, 2.24) is 0 Å². The third kappa shape index (κ3) is 8.48. The number of halogens is 1. The van der Waals surface area contributed by atoms with E-state index >= 15 is 0 Å². The number of aliphatic hydroxyl groups is 5. The largest absolute Gasteiger partial charge is 0.479 e. The zero-order valence-electron chi connectivity index (χ0n) is 7.72. The summed E-state index contributed by atoms with van der Waals surface area (Å²) in [4.78, 5) is 10.1. The van der Waals surface area contributed by atoms with Crippen LogP contribution in [0.15, 0.2) is 0 Å². The molecule has 0 radical (unpaired) electrons. The number of rotatable bonds is 5.